The number of hydrogen-bond acceptors (Lipinski definition) is 6. The van der Waals surface area contributed by atoms with Crippen molar-refractivity contribution in [2.75, 3.05) is 18.8 Å². The molecule has 4 rings (SSSR count). The minimum absolute atomic E-state index is 0.169. The smallest absolute Gasteiger partial charge is 0.324 e. The summed E-state index contributed by atoms with van der Waals surface area (Å²) in [5.74, 6) is -0.0354. The van der Waals surface area contributed by atoms with E-state index in [1.54, 1.807) is 11.3 Å². The van der Waals surface area contributed by atoms with Gasteiger partial charge in [-0.2, -0.15) is 0 Å². The molecule has 132 valence electrons. The molecule has 0 aliphatic carbocycles. The van der Waals surface area contributed by atoms with E-state index in [0.717, 1.165) is 26.4 Å². The zero-order chi connectivity index (χ0) is 18.1. The van der Waals surface area contributed by atoms with E-state index in [2.05, 4.69) is 51.9 Å². The summed E-state index contributed by atoms with van der Waals surface area (Å²) in [5, 5.41) is 6.44. The van der Waals surface area contributed by atoms with Crippen molar-refractivity contribution in [3.05, 3.63) is 41.5 Å². The van der Waals surface area contributed by atoms with Crippen LogP contribution in [-0.4, -0.2) is 45.6 Å². The summed E-state index contributed by atoms with van der Waals surface area (Å²) < 4.78 is 0. The lowest BCUT2D eigenvalue weighted by Crippen LogP contribution is -2.35. The zero-order valence-electron chi connectivity index (χ0n) is 14.1. The molecule has 3 aromatic rings. The molecule has 1 aliphatic heterocycles. The van der Waals surface area contributed by atoms with E-state index in [4.69, 9.17) is 0 Å². The molecular weight excluding hydrogens is 368 g/mol. The van der Waals surface area contributed by atoms with Crippen molar-refractivity contribution < 1.29 is 9.59 Å². The first kappa shape index (κ1) is 17.0. The highest BCUT2D eigenvalue weighted by Gasteiger charge is 2.26. The predicted octanol–water partition coefficient (Wildman–Crippen LogP) is 3.31. The van der Waals surface area contributed by atoms with Crippen molar-refractivity contribution in [2.24, 2.45) is 0 Å². The summed E-state index contributed by atoms with van der Waals surface area (Å²) >= 11 is 2.91. The Morgan fingerprint density at radius 2 is 2.12 bits per heavy atom. The van der Waals surface area contributed by atoms with E-state index in [1.807, 2.05) is 0 Å². The minimum atomic E-state index is -0.320. The summed E-state index contributed by atoms with van der Waals surface area (Å²) in [6.07, 6.45) is 1.52. The molecule has 1 N–H and O–H groups in total. The predicted molar refractivity (Wildman–Crippen MR) is 103 cm³/mol. The number of hydrogen-bond donors (Lipinski definition) is 1. The van der Waals surface area contributed by atoms with Crippen LogP contribution in [0.5, 0.6) is 0 Å². The summed E-state index contributed by atoms with van der Waals surface area (Å²) in [5.41, 5.74) is 3.37. The lowest BCUT2D eigenvalue weighted by molar-refractivity contribution is -0.124. The number of nitrogens with zero attached hydrogens (tertiary/aromatic N) is 3. The third-order valence-corrected chi connectivity index (χ3v) is 6.05. The maximum Gasteiger partial charge on any atom is 0.324 e. The Bertz CT molecular complexity index is 985. The topological polar surface area (TPSA) is 75.2 Å². The highest BCUT2D eigenvalue weighted by molar-refractivity contribution is 8.00. The van der Waals surface area contributed by atoms with Crippen molar-refractivity contribution in [3.8, 4) is 11.1 Å². The van der Waals surface area contributed by atoms with Gasteiger partial charge in [0, 0.05) is 24.0 Å². The Kier molecular flexibility index (Phi) is 4.60. The van der Waals surface area contributed by atoms with E-state index in [9.17, 15) is 9.59 Å². The number of amides is 3. The fourth-order valence-electron chi connectivity index (χ4n) is 2.82. The molecule has 1 aromatic carbocycles. The van der Waals surface area contributed by atoms with Crippen LogP contribution in [0.1, 0.15) is 5.56 Å². The number of rotatable bonds is 4. The summed E-state index contributed by atoms with van der Waals surface area (Å²) in [6, 6.07) is 7.99. The molecule has 0 bridgehead atoms. The van der Waals surface area contributed by atoms with Gasteiger partial charge in [-0.1, -0.05) is 41.6 Å². The molecule has 0 atom stereocenters. The van der Waals surface area contributed by atoms with E-state index in [0.29, 0.717) is 13.1 Å². The summed E-state index contributed by atoms with van der Waals surface area (Å²) in [4.78, 5) is 34.8. The molecule has 1 fully saturated rings. The van der Waals surface area contributed by atoms with Crippen LogP contribution in [0.15, 0.2) is 41.0 Å². The quantitative estimate of drug-likeness (QED) is 0.552. The van der Waals surface area contributed by atoms with Gasteiger partial charge in [-0.25, -0.2) is 14.8 Å². The van der Waals surface area contributed by atoms with Crippen molar-refractivity contribution in [1.82, 2.24) is 20.2 Å². The maximum absolute atomic E-state index is 12.3. The van der Waals surface area contributed by atoms with Gasteiger partial charge in [-0.15, -0.1) is 11.3 Å². The van der Waals surface area contributed by atoms with Gasteiger partial charge in [0.1, 0.15) is 16.2 Å². The summed E-state index contributed by atoms with van der Waals surface area (Å²) in [6.45, 7) is 2.99. The Labute approximate surface area is 158 Å². The number of fused-ring (bicyclic) bond motifs is 1. The number of carbonyl (C=O) groups is 2. The molecule has 26 heavy (non-hydrogen) atoms. The second-order valence-electron chi connectivity index (χ2n) is 5.94. The van der Waals surface area contributed by atoms with Crippen LogP contribution < -0.4 is 5.32 Å². The number of nitrogens with one attached hydrogen (secondary N) is 1. The maximum atomic E-state index is 12.3. The molecule has 0 saturated carbocycles. The number of carbonyl (C=O) groups excluding carboxylic acids is 2. The number of thioether (sulfide) groups is 1. The van der Waals surface area contributed by atoms with Crippen LogP contribution in [-0.2, 0) is 4.79 Å². The molecule has 1 aliphatic rings. The number of thiophene rings is 1. The van der Waals surface area contributed by atoms with Crippen molar-refractivity contribution in [2.45, 2.75) is 11.9 Å². The Balaban J connectivity index is 1.63. The molecule has 8 heteroatoms. The van der Waals surface area contributed by atoms with E-state index in [1.165, 1.54) is 28.6 Å². The molecule has 3 amide bonds. The SMILES string of the molecule is Cc1ccc(-c2csc3ncnc(SCC(=O)N4CCNC4=O)c23)cc1. The lowest BCUT2D eigenvalue weighted by atomic mass is 10.1. The van der Waals surface area contributed by atoms with Gasteiger partial charge < -0.3 is 5.32 Å². The largest absolute Gasteiger partial charge is 0.336 e. The van der Waals surface area contributed by atoms with Crippen molar-refractivity contribution in [1.29, 1.82) is 0 Å². The Hall–Kier alpha value is -2.45. The van der Waals surface area contributed by atoms with E-state index in [-0.39, 0.29) is 17.7 Å². The van der Waals surface area contributed by atoms with Gasteiger partial charge in [0.2, 0.25) is 5.91 Å². The Morgan fingerprint density at radius 3 is 2.85 bits per heavy atom. The van der Waals surface area contributed by atoms with Gasteiger partial charge in [-0.3, -0.25) is 9.69 Å². The van der Waals surface area contributed by atoms with Crippen LogP contribution in [0.25, 0.3) is 21.3 Å². The van der Waals surface area contributed by atoms with E-state index < -0.39 is 0 Å². The first-order valence-corrected chi connectivity index (χ1v) is 10.0. The first-order valence-electron chi connectivity index (χ1n) is 8.14. The number of aromatic nitrogens is 2. The molecule has 6 nitrogen and oxygen atoms in total. The molecule has 1 saturated heterocycles. The standard InChI is InChI=1S/C18H16N4O2S2/c1-11-2-4-12(5-3-11)13-8-25-16-15(13)17(21-10-20-16)26-9-14(23)22-7-6-19-18(22)24/h2-5,8,10H,6-7,9H2,1H3,(H,19,24). The van der Waals surface area contributed by atoms with Crippen LogP contribution in [0.4, 0.5) is 4.79 Å². The highest BCUT2D eigenvalue weighted by Crippen LogP contribution is 2.37. The van der Waals surface area contributed by atoms with Crippen molar-refractivity contribution >= 4 is 45.3 Å². The monoisotopic (exact) mass is 384 g/mol. The zero-order valence-corrected chi connectivity index (χ0v) is 15.7. The van der Waals surface area contributed by atoms with Gasteiger partial charge in [0.05, 0.1) is 11.1 Å². The van der Waals surface area contributed by atoms with Gasteiger partial charge in [0.15, 0.2) is 0 Å². The van der Waals surface area contributed by atoms with Gasteiger partial charge in [0.25, 0.3) is 0 Å². The third kappa shape index (κ3) is 3.17. The molecule has 0 spiro atoms. The molecule has 0 unspecified atom stereocenters. The van der Waals surface area contributed by atoms with Crippen LogP contribution >= 0.6 is 23.1 Å². The van der Waals surface area contributed by atoms with E-state index >= 15 is 0 Å². The second kappa shape index (κ2) is 7.05. The number of benzene rings is 1. The average Bonchev–Trinajstić information content (AvgIpc) is 3.27. The second-order valence-corrected chi connectivity index (χ2v) is 7.76. The number of imide groups is 1. The van der Waals surface area contributed by atoms with Gasteiger partial charge in [-0.05, 0) is 12.5 Å². The fourth-order valence-corrected chi connectivity index (χ4v) is 4.69. The lowest BCUT2D eigenvalue weighted by Gasteiger charge is -2.11. The molecular formula is C18H16N4O2S2. The third-order valence-electron chi connectivity index (χ3n) is 4.19. The molecule has 2 aromatic heterocycles. The normalized spacial score (nSPS) is 14.0. The Morgan fingerprint density at radius 1 is 1.31 bits per heavy atom. The van der Waals surface area contributed by atoms with Crippen molar-refractivity contribution in [3.63, 3.8) is 0 Å². The van der Waals surface area contributed by atoms with Gasteiger partial charge >= 0.3 is 6.03 Å². The molecule has 3 heterocycles. The highest BCUT2D eigenvalue weighted by atomic mass is 32.2. The average molecular weight is 384 g/mol. The summed E-state index contributed by atoms with van der Waals surface area (Å²) in [7, 11) is 0. The number of urea groups is 1. The van der Waals surface area contributed by atoms with Crippen LogP contribution in [0.3, 0.4) is 0 Å². The minimum Gasteiger partial charge on any atom is -0.336 e. The molecule has 0 radical (unpaired) electrons. The van der Waals surface area contributed by atoms with Crippen LogP contribution in [0, 0.1) is 6.92 Å². The fraction of sp³-hybridized carbons (Fsp3) is 0.222. The first-order chi connectivity index (χ1) is 12.6. The van der Waals surface area contributed by atoms with Crippen LogP contribution in [0.2, 0.25) is 0 Å². The number of aryl methyl sites for hydroxylation is 1.